The molecule has 3 aromatic rings. The average molecular weight is 384 g/mol. The molecule has 1 aliphatic rings. The number of halogens is 1. The largest absolute Gasteiger partial charge is 0.296 e. The summed E-state index contributed by atoms with van der Waals surface area (Å²) in [7, 11) is 0. The molecule has 0 N–H and O–H groups in total. The van der Waals surface area contributed by atoms with E-state index in [2.05, 4.69) is 72.5 Å². The number of rotatable bonds is 5. The standard InChI is InChI=1S/C27H26FN/c1-21-20-25(23-9-12-26(28)13-10-23)11-14-27(21)24-15-18-29(19-16-24)17-5-8-22-6-3-2-4-7-22/h2-15,20H,16-19H2,1H3. The van der Waals surface area contributed by atoms with Gasteiger partial charge in [0.05, 0.1) is 0 Å². The van der Waals surface area contributed by atoms with Crippen molar-refractivity contribution in [2.45, 2.75) is 13.3 Å². The highest BCUT2D eigenvalue weighted by molar-refractivity contribution is 5.73. The molecular weight excluding hydrogens is 357 g/mol. The van der Waals surface area contributed by atoms with Crippen molar-refractivity contribution >= 4 is 11.6 Å². The molecule has 0 saturated heterocycles. The van der Waals surface area contributed by atoms with Gasteiger partial charge >= 0.3 is 0 Å². The molecule has 0 bridgehead atoms. The zero-order valence-corrected chi connectivity index (χ0v) is 16.8. The van der Waals surface area contributed by atoms with E-state index < -0.39 is 0 Å². The van der Waals surface area contributed by atoms with Gasteiger partial charge in [-0.2, -0.15) is 0 Å². The van der Waals surface area contributed by atoms with Crippen LogP contribution in [0.5, 0.6) is 0 Å². The molecule has 0 spiro atoms. The summed E-state index contributed by atoms with van der Waals surface area (Å²) in [5.74, 6) is -0.197. The van der Waals surface area contributed by atoms with Crippen LogP contribution in [0.3, 0.4) is 0 Å². The second kappa shape index (κ2) is 9.02. The average Bonchev–Trinajstić information content (AvgIpc) is 2.76. The minimum absolute atomic E-state index is 0.197. The fourth-order valence-corrected chi connectivity index (χ4v) is 3.87. The molecule has 0 aromatic heterocycles. The lowest BCUT2D eigenvalue weighted by atomic mass is 9.92. The number of nitrogens with zero attached hydrogens (tertiary/aromatic N) is 1. The van der Waals surface area contributed by atoms with Crippen molar-refractivity contribution in [3.05, 3.63) is 107 Å². The van der Waals surface area contributed by atoms with Crippen molar-refractivity contribution in [3.63, 3.8) is 0 Å². The molecule has 2 heteroatoms. The Bertz CT molecular complexity index is 1020. The van der Waals surface area contributed by atoms with Gasteiger partial charge < -0.3 is 0 Å². The molecule has 0 atom stereocenters. The Labute approximate surface area is 172 Å². The Morgan fingerprint density at radius 2 is 1.69 bits per heavy atom. The third-order valence-electron chi connectivity index (χ3n) is 5.52. The predicted molar refractivity (Wildman–Crippen MR) is 121 cm³/mol. The number of hydrogen-bond donors (Lipinski definition) is 0. The molecule has 0 aliphatic carbocycles. The van der Waals surface area contributed by atoms with Gasteiger partial charge in [-0.1, -0.05) is 78.9 Å². The molecular formula is C27H26FN. The highest BCUT2D eigenvalue weighted by atomic mass is 19.1. The summed E-state index contributed by atoms with van der Waals surface area (Å²) in [6, 6.07) is 23.7. The number of hydrogen-bond acceptors (Lipinski definition) is 1. The van der Waals surface area contributed by atoms with E-state index in [1.807, 2.05) is 18.2 Å². The SMILES string of the molecule is Cc1cc(-c2ccc(F)cc2)ccc1C1=CCN(CC=Cc2ccccc2)CC1. The van der Waals surface area contributed by atoms with Crippen LogP contribution in [-0.2, 0) is 0 Å². The van der Waals surface area contributed by atoms with Crippen molar-refractivity contribution in [2.75, 3.05) is 19.6 Å². The summed E-state index contributed by atoms with van der Waals surface area (Å²) in [6.07, 6.45) is 7.87. The third-order valence-corrected chi connectivity index (χ3v) is 5.52. The minimum Gasteiger partial charge on any atom is -0.296 e. The van der Waals surface area contributed by atoms with Crippen molar-refractivity contribution < 1.29 is 4.39 Å². The van der Waals surface area contributed by atoms with Gasteiger partial charge in [-0.05, 0) is 58.9 Å². The van der Waals surface area contributed by atoms with Gasteiger partial charge in [0.15, 0.2) is 0 Å². The Hall–Kier alpha value is -2.97. The zero-order valence-electron chi connectivity index (χ0n) is 16.8. The van der Waals surface area contributed by atoms with E-state index in [0.717, 1.165) is 37.2 Å². The fourth-order valence-electron chi connectivity index (χ4n) is 3.87. The van der Waals surface area contributed by atoms with Crippen LogP contribution in [0, 0.1) is 12.7 Å². The van der Waals surface area contributed by atoms with Gasteiger partial charge in [-0.25, -0.2) is 4.39 Å². The van der Waals surface area contributed by atoms with E-state index in [0.29, 0.717) is 0 Å². The van der Waals surface area contributed by atoms with Gasteiger partial charge in [-0.15, -0.1) is 0 Å². The summed E-state index contributed by atoms with van der Waals surface area (Å²) < 4.78 is 13.2. The molecule has 3 aromatic carbocycles. The fraction of sp³-hybridized carbons (Fsp3) is 0.185. The van der Waals surface area contributed by atoms with E-state index in [1.165, 1.54) is 34.4 Å². The highest BCUT2D eigenvalue weighted by Crippen LogP contribution is 2.29. The first kappa shape index (κ1) is 19.4. The monoisotopic (exact) mass is 383 g/mol. The van der Waals surface area contributed by atoms with Crippen LogP contribution in [0.1, 0.15) is 23.1 Å². The second-order valence-corrected chi connectivity index (χ2v) is 7.59. The Morgan fingerprint density at radius 3 is 2.38 bits per heavy atom. The van der Waals surface area contributed by atoms with E-state index in [1.54, 1.807) is 0 Å². The molecule has 0 saturated carbocycles. The summed E-state index contributed by atoms with van der Waals surface area (Å²) in [4.78, 5) is 2.46. The molecule has 29 heavy (non-hydrogen) atoms. The highest BCUT2D eigenvalue weighted by Gasteiger charge is 2.14. The van der Waals surface area contributed by atoms with Gasteiger partial charge in [0.1, 0.15) is 5.82 Å². The first-order valence-corrected chi connectivity index (χ1v) is 10.2. The van der Waals surface area contributed by atoms with Gasteiger partial charge in [0, 0.05) is 19.6 Å². The molecule has 1 nitrogen and oxygen atoms in total. The molecule has 1 heterocycles. The Kier molecular flexibility index (Phi) is 6.02. The van der Waals surface area contributed by atoms with Gasteiger partial charge in [0.2, 0.25) is 0 Å². The maximum atomic E-state index is 13.2. The summed E-state index contributed by atoms with van der Waals surface area (Å²) >= 11 is 0. The number of aryl methyl sites for hydroxylation is 1. The zero-order chi connectivity index (χ0) is 20.1. The van der Waals surface area contributed by atoms with Crippen LogP contribution in [0.25, 0.3) is 22.8 Å². The second-order valence-electron chi connectivity index (χ2n) is 7.59. The summed E-state index contributed by atoms with van der Waals surface area (Å²) in [5, 5.41) is 0. The summed E-state index contributed by atoms with van der Waals surface area (Å²) in [6.45, 7) is 5.19. The smallest absolute Gasteiger partial charge is 0.123 e. The predicted octanol–water partition coefficient (Wildman–Crippen LogP) is 6.60. The summed E-state index contributed by atoms with van der Waals surface area (Å²) in [5.41, 5.74) is 7.46. The molecule has 0 radical (unpaired) electrons. The van der Waals surface area contributed by atoms with E-state index in [-0.39, 0.29) is 5.82 Å². The van der Waals surface area contributed by atoms with Crippen molar-refractivity contribution in [3.8, 4) is 11.1 Å². The third kappa shape index (κ3) is 4.90. The molecule has 0 unspecified atom stereocenters. The molecule has 0 amide bonds. The van der Waals surface area contributed by atoms with Crippen LogP contribution in [-0.4, -0.2) is 24.5 Å². The lowest BCUT2D eigenvalue weighted by molar-refractivity contribution is 0.335. The van der Waals surface area contributed by atoms with Crippen LogP contribution in [0.4, 0.5) is 4.39 Å². The van der Waals surface area contributed by atoms with Gasteiger partial charge in [-0.3, -0.25) is 4.90 Å². The normalized spacial score (nSPS) is 14.9. The van der Waals surface area contributed by atoms with E-state index >= 15 is 0 Å². The maximum Gasteiger partial charge on any atom is 0.123 e. The Morgan fingerprint density at radius 1 is 0.931 bits per heavy atom. The topological polar surface area (TPSA) is 3.24 Å². The van der Waals surface area contributed by atoms with E-state index in [4.69, 9.17) is 0 Å². The molecule has 4 rings (SSSR count). The minimum atomic E-state index is -0.197. The lowest BCUT2D eigenvalue weighted by Gasteiger charge is -2.26. The Balaban J connectivity index is 1.40. The van der Waals surface area contributed by atoms with Crippen molar-refractivity contribution in [1.29, 1.82) is 0 Å². The maximum absolute atomic E-state index is 13.2. The first-order valence-electron chi connectivity index (χ1n) is 10.2. The van der Waals surface area contributed by atoms with Crippen LogP contribution < -0.4 is 0 Å². The molecule has 146 valence electrons. The van der Waals surface area contributed by atoms with E-state index in [9.17, 15) is 4.39 Å². The molecule has 1 aliphatic heterocycles. The number of benzene rings is 3. The van der Waals surface area contributed by atoms with Crippen molar-refractivity contribution in [2.24, 2.45) is 0 Å². The van der Waals surface area contributed by atoms with Crippen LogP contribution in [0.2, 0.25) is 0 Å². The molecule has 0 fully saturated rings. The quantitative estimate of drug-likeness (QED) is 0.479. The van der Waals surface area contributed by atoms with Crippen molar-refractivity contribution in [1.82, 2.24) is 4.90 Å². The van der Waals surface area contributed by atoms with Crippen LogP contribution >= 0.6 is 0 Å². The van der Waals surface area contributed by atoms with Crippen LogP contribution in [0.15, 0.2) is 84.9 Å². The van der Waals surface area contributed by atoms with Gasteiger partial charge in [0.25, 0.3) is 0 Å². The lowest BCUT2D eigenvalue weighted by Crippen LogP contribution is -2.28. The first-order chi connectivity index (χ1) is 14.2.